The Morgan fingerprint density at radius 3 is 2.48 bits per heavy atom. The highest BCUT2D eigenvalue weighted by Crippen LogP contribution is 2.14. The lowest BCUT2D eigenvalue weighted by atomic mass is 10.2. The number of aryl methyl sites for hydroxylation is 1. The summed E-state index contributed by atoms with van der Waals surface area (Å²) < 4.78 is 5.26. The number of hydrogen-bond donors (Lipinski definition) is 2. The van der Waals surface area contributed by atoms with Crippen LogP contribution in [0.2, 0.25) is 5.02 Å². The molecular formula is C21H17ClN2O3. The first-order chi connectivity index (χ1) is 13.0. The second-order valence-electron chi connectivity index (χ2n) is 5.86. The Kier molecular flexibility index (Phi) is 5.74. The molecule has 0 bridgehead atoms. The fraction of sp³-hybridized carbons (Fsp3) is 0.0476. The summed E-state index contributed by atoms with van der Waals surface area (Å²) in [5, 5.41) is 5.82. The maximum absolute atomic E-state index is 12.7. The number of anilines is 1. The molecule has 0 saturated carbocycles. The van der Waals surface area contributed by atoms with Gasteiger partial charge >= 0.3 is 0 Å². The molecule has 2 aromatic carbocycles. The van der Waals surface area contributed by atoms with E-state index in [4.69, 9.17) is 16.0 Å². The van der Waals surface area contributed by atoms with E-state index in [1.165, 1.54) is 18.4 Å². The zero-order valence-corrected chi connectivity index (χ0v) is 15.3. The second kappa shape index (κ2) is 8.38. The highest BCUT2D eigenvalue weighted by Gasteiger charge is 2.16. The van der Waals surface area contributed by atoms with Crippen LogP contribution < -0.4 is 10.6 Å². The molecule has 0 aliphatic heterocycles. The lowest BCUT2D eigenvalue weighted by Crippen LogP contribution is -2.30. The molecule has 0 radical (unpaired) electrons. The minimum atomic E-state index is -0.467. The summed E-state index contributed by atoms with van der Waals surface area (Å²) in [4.78, 5) is 25.2. The van der Waals surface area contributed by atoms with E-state index in [1.807, 2.05) is 19.1 Å². The maximum atomic E-state index is 12.7. The highest BCUT2D eigenvalue weighted by molar-refractivity contribution is 6.31. The molecule has 0 aliphatic carbocycles. The van der Waals surface area contributed by atoms with Crippen molar-refractivity contribution >= 4 is 35.2 Å². The summed E-state index contributed by atoms with van der Waals surface area (Å²) in [7, 11) is 0. The normalized spacial score (nSPS) is 11.1. The Hall–Kier alpha value is -3.31. The third kappa shape index (κ3) is 5.09. The van der Waals surface area contributed by atoms with Crippen LogP contribution in [0.15, 0.2) is 77.0 Å². The number of carbonyl (C=O) groups is 2. The molecule has 3 aromatic rings. The Bertz CT molecular complexity index is 977. The average molecular weight is 381 g/mol. The molecule has 0 fully saturated rings. The molecule has 3 rings (SSSR count). The third-order valence-electron chi connectivity index (χ3n) is 3.72. The maximum Gasteiger partial charge on any atom is 0.272 e. The van der Waals surface area contributed by atoms with Gasteiger partial charge in [0.15, 0.2) is 0 Å². The van der Waals surface area contributed by atoms with E-state index in [2.05, 4.69) is 10.6 Å². The van der Waals surface area contributed by atoms with Crippen molar-refractivity contribution in [2.24, 2.45) is 0 Å². The van der Waals surface area contributed by atoms with Gasteiger partial charge in [-0.2, -0.15) is 0 Å². The molecule has 2 amide bonds. The number of nitrogens with one attached hydrogen (secondary N) is 2. The number of benzene rings is 2. The van der Waals surface area contributed by atoms with Gasteiger partial charge in [-0.15, -0.1) is 0 Å². The molecule has 0 atom stereocenters. The first-order valence-corrected chi connectivity index (χ1v) is 8.59. The van der Waals surface area contributed by atoms with Crippen molar-refractivity contribution in [3.05, 3.63) is 94.5 Å². The van der Waals surface area contributed by atoms with Crippen LogP contribution in [0.1, 0.15) is 21.7 Å². The molecule has 6 heteroatoms. The van der Waals surface area contributed by atoms with E-state index < -0.39 is 11.8 Å². The van der Waals surface area contributed by atoms with Gasteiger partial charge in [0.1, 0.15) is 11.5 Å². The van der Waals surface area contributed by atoms with Crippen molar-refractivity contribution in [3.63, 3.8) is 0 Å². The number of halogens is 1. The minimum Gasteiger partial charge on any atom is -0.465 e. The monoisotopic (exact) mass is 380 g/mol. The topological polar surface area (TPSA) is 71.3 Å². The fourth-order valence-electron chi connectivity index (χ4n) is 2.33. The predicted molar refractivity (Wildman–Crippen MR) is 105 cm³/mol. The summed E-state index contributed by atoms with van der Waals surface area (Å²) in [5.41, 5.74) is 2.09. The Labute approximate surface area is 161 Å². The van der Waals surface area contributed by atoms with Crippen molar-refractivity contribution in [2.75, 3.05) is 5.32 Å². The van der Waals surface area contributed by atoms with Gasteiger partial charge in [-0.05, 0) is 49.4 Å². The van der Waals surface area contributed by atoms with Crippen LogP contribution in [-0.2, 0) is 4.79 Å². The average Bonchev–Trinajstić information content (AvgIpc) is 3.16. The fourth-order valence-corrected chi connectivity index (χ4v) is 2.52. The van der Waals surface area contributed by atoms with Crippen LogP contribution in [0.5, 0.6) is 0 Å². The molecular weight excluding hydrogens is 364 g/mol. The number of furan rings is 1. The Morgan fingerprint density at radius 2 is 1.81 bits per heavy atom. The Morgan fingerprint density at radius 1 is 1.04 bits per heavy atom. The summed E-state index contributed by atoms with van der Waals surface area (Å²) in [6.45, 7) is 1.96. The largest absolute Gasteiger partial charge is 0.465 e. The van der Waals surface area contributed by atoms with Gasteiger partial charge in [0, 0.05) is 22.3 Å². The van der Waals surface area contributed by atoms with Crippen LogP contribution in [0.3, 0.4) is 0 Å². The smallest absolute Gasteiger partial charge is 0.272 e. The number of hydrogen-bond acceptors (Lipinski definition) is 3. The van der Waals surface area contributed by atoms with Gasteiger partial charge in [-0.25, -0.2) is 0 Å². The van der Waals surface area contributed by atoms with E-state index in [0.717, 1.165) is 5.56 Å². The van der Waals surface area contributed by atoms with Crippen molar-refractivity contribution < 1.29 is 14.0 Å². The zero-order valence-electron chi connectivity index (χ0n) is 14.5. The van der Waals surface area contributed by atoms with E-state index in [-0.39, 0.29) is 5.70 Å². The van der Waals surface area contributed by atoms with Crippen LogP contribution in [0, 0.1) is 6.92 Å². The SMILES string of the molecule is Cc1ccc(NC(=O)/C(=C/c2ccco2)NC(=O)c2cccc(Cl)c2)cc1. The van der Waals surface area contributed by atoms with E-state index in [1.54, 1.807) is 42.5 Å². The summed E-state index contributed by atoms with van der Waals surface area (Å²) >= 11 is 5.93. The van der Waals surface area contributed by atoms with Gasteiger partial charge in [0.25, 0.3) is 11.8 Å². The quantitative estimate of drug-likeness (QED) is 0.633. The molecule has 5 nitrogen and oxygen atoms in total. The molecule has 1 heterocycles. The molecule has 0 spiro atoms. The predicted octanol–water partition coefficient (Wildman–Crippen LogP) is 4.65. The Balaban J connectivity index is 1.83. The summed E-state index contributed by atoms with van der Waals surface area (Å²) in [6.07, 6.45) is 2.95. The molecule has 1 aromatic heterocycles. The zero-order chi connectivity index (χ0) is 19.2. The molecule has 27 heavy (non-hydrogen) atoms. The second-order valence-corrected chi connectivity index (χ2v) is 6.29. The van der Waals surface area contributed by atoms with Crippen LogP contribution in [-0.4, -0.2) is 11.8 Å². The van der Waals surface area contributed by atoms with Crippen LogP contribution >= 0.6 is 11.6 Å². The summed E-state index contributed by atoms with van der Waals surface area (Å²) in [5.74, 6) is -0.476. The molecule has 136 valence electrons. The molecule has 0 aliphatic rings. The number of carbonyl (C=O) groups excluding carboxylic acids is 2. The van der Waals surface area contributed by atoms with Crippen molar-refractivity contribution in [1.29, 1.82) is 0 Å². The molecule has 0 saturated heterocycles. The molecule has 0 unspecified atom stereocenters. The van der Waals surface area contributed by atoms with E-state index >= 15 is 0 Å². The van der Waals surface area contributed by atoms with Crippen LogP contribution in [0.25, 0.3) is 6.08 Å². The lowest BCUT2D eigenvalue weighted by Gasteiger charge is -2.11. The standard InChI is InChI=1S/C21H17ClN2O3/c1-14-7-9-17(10-8-14)23-21(26)19(13-18-6-3-11-27-18)24-20(25)15-4-2-5-16(22)12-15/h2-13H,1H3,(H,23,26)(H,24,25)/b19-13-. The number of amides is 2. The minimum absolute atomic E-state index is 0.0514. The van der Waals surface area contributed by atoms with Crippen molar-refractivity contribution in [1.82, 2.24) is 5.32 Å². The van der Waals surface area contributed by atoms with Crippen LogP contribution in [0.4, 0.5) is 5.69 Å². The highest BCUT2D eigenvalue weighted by atomic mass is 35.5. The summed E-state index contributed by atoms with van der Waals surface area (Å²) in [6, 6.07) is 17.2. The number of rotatable bonds is 5. The van der Waals surface area contributed by atoms with Gasteiger partial charge in [0.05, 0.1) is 6.26 Å². The van der Waals surface area contributed by atoms with Gasteiger partial charge in [-0.3, -0.25) is 9.59 Å². The lowest BCUT2D eigenvalue weighted by molar-refractivity contribution is -0.113. The van der Waals surface area contributed by atoms with Crippen molar-refractivity contribution in [2.45, 2.75) is 6.92 Å². The van der Waals surface area contributed by atoms with Crippen molar-refractivity contribution in [3.8, 4) is 0 Å². The van der Waals surface area contributed by atoms with E-state index in [0.29, 0.717) is 22.0 Å². The van der Waals surface area contributed by atoms with Gasteiger partial charge in [-0.1, -0.05) is 35.4 Å². The third-order valence-corrected chi connectivity index (χ3v) is 3.95. The van der Waals surface area contributed by atoms with Gasteiger partial charge in [0.2, 0.25) is 0 Å². The first kappa shape index (κ1) is 18.5. The van der Waals surface area contributed by atoms with E-state index in [9.17, 15) is 9.59 Å². The van der Waals surface area contributed by atoms with Gasteiger partial charge < -0.3 is 15.1 Å². The molecule has 2 N–H and O–H groups in total. The first-order valence-electron chi connectivity index (χ1n) is 8.21.